The van der Waals surface area contributed by atoms with Crippen LogP contribution in [0.15, 0.2) is 24.3 Å². The zero-order chi connectivity index (χ0) is 12.8. The third-order valence-electron chi connectivity index (χ3n) is 3.20. The van der Waals surface area contributed by atoms with Crippen LogP contribution in [0.3, 0.4) is 0 Å². The largest absolute Gasteiger partial charge is 0.399 e. The summed E-state index contributed by atoms with van der Waals surface area (Å²) >= 11 is 0. The van der Waals surface area contributed by atoms with Crippen LogP contribution < -0.4 is 11.1 Å². The Labute approximate surface area is 108 Å². The van der Waals surface area contributed by atoms with E-state index < -0.39 is 0 Å². The number of hydrogen-bond donors (Lipinski definition) is 2. The number of anilines is 1. The lowest BCUT2D eigenvalue weighted by molar-refractivity contribution is -0.122. The van der Waals surface area contributed by atoms with Crippen LogP contribution in [0, 0.1) is 0 Å². The van der Waals surface area contributed by atoms with Gasteiger partial charge in [0.15, 0.2) is 0 Å². The van der Waals surface area contributed by atoms with Gasteiger partial charge in [-0.05, 0) is 30.9 Å². The maximum Gasteiger partial charge on any atom is 0.220 e. The monoisotopic (exact) mass is 248 g/mol. The Balaban J connectivity index is 1.76. The standard InChI is InChI=1S/C14H20N2O2/c15-13-6-2-1-4-11(13)7-8-14(17)16-12-5-3-9-18-10-12/h1-2,4,6,12H,3,5,7-10,15H2,(H,16,17). The Morgan fingerprint density at radius 2 is 2.28 bits per heavy atom. The van der Waals surface area contributed by atoms with Gasteiger partial charge in [-0.1, -0.05) is 18.2 Å². The molecule has 1 saturated heterocycles. The van der Waals surface area contributed by atoms with Crippen molar-refractivity contribution in [1.82, 2.24) is 5.32 Å². The molecule has 1 aromatic carbocycles. The van der Waals surface area contributed by atoms with Gasteiger partial charge in [-0.15, -0.1) is 0 Å². The molecule has 18 heavy (non-hydrogen) atoms. The molecule has 0 aliphatic carbocycles. The van der Waals surface area contributed by atoms with Gasteiger partial charge in [0.1, 0.15) is 0 Å². The molecule has 2 rings (SSSR count). The number of para-hydroxylation sites is 1. The van der Waals surface area contributed by atoms with Crippen molar-refractivity contribution >= 4 is 11.6 Å². The molecule has 1 heterocycles. The summed E-state index contributed by atoms with van der Waals surface area (Å²) in [6.07, 6.45) is 3.20. The topological polar surface area (TPSA) is 64.4 Å². The highest BCUT2D eigenvalue weighted by Crippen LogP contribution is 2.13. The van der Waals surface area contributed by atoms with Gasteiger partial charge < -0.3 is 15.8 Å². The molecule has 0 radical (unpaired) electrons. The van der Waals surface area contributed by atoms with E-state index in [-0.39, 0.29) is 11.9 Å². The van der Waals surface area contributed by atoms with Crippen molar-refractivity contribution in [3.05, 3.63) is 29.8 Å². The molecule has 1 atom stereocenters. The molecule has 0 aromatic heterocycles. The second-order valence-corrected chi connectivity index (χ2v) is 4.68. The predicted molar refractivity (Wildman–Crippen MR) is 71.2 cm³/mol. The van der Waals surface area contributed by atoms with E-state index >= 15 is 0 Å². The fraction of sp³-hybridized carbons (Fsp3) is 0.500. The minimum absolute atomic E-state index is 0.0775. The lowest BCUT2D eigenvalue weighted by Gasteiger charge is -2.23. The Bertz CT molecular complexity index is 401. The molecule has 1 aliphatic rings. The molecule has 1 unspecified atom stereocenters. The fourth-order valence-electron chi connectivity index (χ4n) is 2.16. The van der Waals surface area contributed by atoms with Gasteiger partial charge in [-0.25, -0.2) is 0 Å². The number of carbonyl (C=O) groups excluding carboxylic acids is 1. The zero-order valence-corrected chi connectivity index (χ0v) is 10.5. The molecule has 1 fully saturated rings. The molecule has 0 bridgehead atoms. The number of benzene rings is 1. The van der Waals surface area contributed by atoms with Crippen LogP contribution in [0.2, 0.25) is 0 Å². The lowest BCUT2D eigenvalue weighted by Crippen LogP contribution is -2.40. The van der Waals surface area contributed by atoms with Gasteiger partial charge in [-0.2, -0.15) is 0 Å². The van der Waals surface area contributed by atoms with E-state index in [0.29, 0.717) is 19.4 Å². The van der Waals surface area contributed by atoms with Crippen LogP contribution in [0.25, 0.3) is 0 Å². The highest BCUT2D eigenvalue weighted by Gasteiger charge is 2.15. The summed E-state index contributed by atoms with van der Waals surface area (Å²) in [6, 6.07) is 7.85. The Hall–Kier alpha value is -1.55. The minimum atomic E-state index is 0.0775. The molecule has 98 valence electrons. The summed E-state index contributed by atoms with van der Waals surface area (Å²) in [5.41, 5.74) is 7.63. The molecular formula is C14H20N2O2. The van der Waals surface area contributed by atoms with E-state index in [0.717, 1.165) is 30.7 Å². The van der Waals surface area contributed by atoms with Crippen molar-refractivity contribution < 1.29 is 9.53 Å². The number of ether oxygens (including phenoxy) is 1. The summed E-state index contributed by atoms with van der Waals surface area (Å²) in [5, 5.41) is 3.00. The zero-order valence-electron chi connectivity index (χ0n) is 10.5. The Kier molecular flexibility index (Phi) is 4.59. The number of aryl methyl sites for hydroxylation is 1. The summed E-state index contributed by atoms with van der Waals surface area (Å²) in [5.74, 6) is 0.0775. The summed E-state index contributed by atoms with van der Waals surface area (Å²) < 4.78 is 5.33. The van der Waals surface area contributed by atoms with E-state index in [1.807, 2.05) is 24.3 Å². The van der Waals surface area contributed by atoms with Crippen molar-refractivity contribution in [2.75, 3.05) is 18.9 Å². The van der Waals surface area contributed by atoms with Crippen LogP contribution in [-0.4, -0.2) is 25.2 Å². The van der Waals surface area contributed by atoms with Crippen molar-refractivity contribution in [2.45, 2.75) is 31.7 Å². The second kappa shape index (κ2) is 6.40. The highest BCUT2D eigenvalue weighted by molar-refractivity contribution is 5.76. The van der Waals surface area contributed by atoms with E-state index in [1.54, 1.807) is 0 Å². The first kappa shape index (κ1) is 12.9. The lowest BCUT2D eigenvalue weighted by atomic mass is 10.1. The first-order valence-electron chi connectivity index (χ1n) is 6.46. The molecule has 0 saturated carbocycles. The van der Waals surface area contributed by atoms with E-state index in [2.05, 4.69) is 5.32 Å². The normalized spacial score (nSPS) is 19.4. The number of amides is 1. The van der Waals surface area contributed by atoms with Crippen LogP contribution >= 0.6 is 0 Å². The average Bonchev–Trinajstić information content (AvgIpc) is 2.39. The smallest absolute Gasteiger partial charge is 0.220 e. The number of nitrogen functional groups attached to an aromatic ring is 1. The molecule has 1 aliphatic heterocycles. The molecule has 0 spiro atoms. The third-order valence-corrected chi connectivity index (χ3v) is 3.20. The van der Waals surface area contributed by atoms with Gasteiger partial charge in [0.2, 0.25) is 5.91 Å². The summed E-state index contributed by atoms with van der Waals surface area (Å²) in [7, 11) is 0. The maximum absolute atomic E-state index is 11.8. The molecule has 3 N–H and O–H groups in total. The first-order valence-corrected chi connectivity index (χ1v) is 6.46. The number of nitrogens with one attached hydrogen (secondary N) is 1. The molecule has 1 amide bonds. The maximum atomic E-state index is 11.8. The third kappa shape index (κ3) is 3.74. The predicted octanol–water partition coefficient (Wildman–Crippen LogP) is 1.50. The SMILES string of the molecule is Nc1ccccc1CCC(=O)NC1CCCOC1. The first-order chi connectivity index (χ1) is 8.75. The van der Waals surface area contributed by atoms with Crippen LogP contribution in [0.1, 0.15) is 24.8 Å². The fourth-order valence-corrected chi connectivity index (χ4v) is 2.16. The van der Waals surface area contributed by atoms with E-state index in [4.69, 9.17) is 10.5 Å². The molecular weight excluding hydrogens is 228 g/mol. The van der Waals surface area contributed by atoms with Crippen molar-refractivity contribution in [3.8, 4) is 0 Å². The van der Waals surface area contributed by atoms with Crippen molar-refractivity contribution in [2.24, 2.45) is 0 Å². The molecule has 1 aromatic rings. The number of nitrogens with two attached hydrogens (primary N) is 1. The molecule has 4 heteroatoms. The van der Waals surface area contributed by atoms with Gasteiger partial charge in [0.05, 0.1) is 12.6 Å². The highest BCUT2D eigenvalue weighted by atomic mass is 16.5. The van der Waals surface area contributed by atoms with Gasteiger partial charge in [-0.3, -0.25) is 4.79 Å². The summed E-state index contributed by atoms with van der Waals surface area (Å²) in [6.45, 7) is 1.45. The van der Waals surface area contributed by atoms with Gasteiger partial charge >= 0.3 is 0 Å². The average molecular weight is 248 g/mol. The molecule has 4 nitrogen and oxygen atoms in total. The van der Waals surface area contributed by atoms with E-state index in [1.165, 1.54) is 0 Å². The number of hydrogen-bond acceptors (Lipinski definition) is 3. The van der Waals surface area contributed by atoms with Crippen molar-refractivity contribution in [3.63, 3.8) is 0 Å². The second-order valence-electron chi connectivity index (χ2n) is 4.68. The number of rotatable bonds is 4. The summed E-state index contributed by atoms with van der Waals surface area (Å²) in [4.78, 5) is 11.8. The quantitative estimate of drug-likeness (QED) is 0.794. The van der Waals surface area contributed by atoms with Gasteiger partial charge in [0.25, 0.3) is 0 Å². The van der Waals surface area contributed by atoms with Crippen LogP contribution in [0.4, 0.5) is 5.69 Å². The number of carbonyl (C=O) groups is 1. The van der Waals surface area contributed by atoms with Gasteiger partial charge in [0, 0.05) is 18.7 Å². The van der Waals surface area contributed by atoms with Crippen LogP contribution in [0.5, 0.6) is 0 Å². The Morgan fingerprint density at radius 3 is 3.00 bits per heavy atom. The Morgan fingerprint density at radius 1 is 1.44 bits per heavy atom. The minimum Gasteiger partial charge on any atom is -0.399 e. The van der Waals surface area contributed by atoms with Crippen LogP contribution in [-0.2, 0) is 16.0 Å². The van der Waals surface area contributed by atoms with Crippen molar-refractivity contribution in [1.29, 1.82) is 0 Å². The van der Waals surface area contributed by atoms with E-state index in [9.17, 15) is 4.79 Å².